The molecule has 0 heterocycles. The third kappa shape index (κ3) is 16.9. The van der Waals surface area contributed by atoms with E-state index in [0.717, 1.165) is 25.6 Å². The molecular formula is C21H48N2O7Si2. The highest BCUT2D eigenvalue weighted by molar-refractivity contribution is 6.65. The van der Waals surface area contributed by atoms with Crippen LogP contribution in [0.1, 0.15) is 40.5 Å². The minimum atomic E-state index is -2.61. The Kier molecular flexibility index (Phi) is 21.9. The van der Waals surface area contributed by atoms with Gasteiger partial charge in [-0.2, -0.15) is 0 Å². The quantitative estimate of drug-likeness (QED) is 0.121. The third-order valence-electron chi connectivity index (χ3n) is 4.47. The van der Waals surface area contributed by atoms with Crippen molar-refractivity contribution in [2.45, 2.75) is 59.2 Å². The number of nitrogens with one attached hydrogen (secondary N) is 1. The number of carbonyl (C=O) groups is 1. The fourth-order valence-electron chi connectivity index (χ4n) is 2.63. The lowest BCUT2D eigenvalue weighted by atomic mass is 10.4. The fraction of sp³-hybridized carbons (Fsp3) is 0.857. The van der Waals surface area contributed by atoms with Crippen LogP contribution in [0.3, 0.4) is 0 Å². The summed E-state index contributed by atoms with van der Waals surface area (Å²) in [6, 6.07) is 1.67. The van der Waals surface area contributed by atoms with E-state index in [2.05, 4.69) is 18.4 Å². The maximum atomic E-state index is 11.2. The van der Waals surface area contributed by atoms with Crippen LogP contribution < -0.4 is 11.1 Å². The molecule has 0 radical (unpaired) electrons. The number of nitrogens with two attached hydrogens (primary N) is 1. The Morgan fingerprint density at radius 3 is 1.88 bits per heavy atom. The zero-order valence-corrected chi connectivity index (χ0v) is 23.4. The molecule has 0 unspecified atom stereocenters. The summed E-state index contributed by atoms with van der Waals surface area (Å²) in [6.07, 6.45) is 1.75. The Bertz CT molecular complexity index is 464. The number of carbonyl (C=O) groups excluding carboxylic acids is 1. The number of rotatable bonds is 19. The highest BCUT2D eigenvalue weighted by Crippen LogP contribution is 2.18. The average Bonchev–Trinajstić information content (AvgIpc) is 2.77. The van der Waals surface area contributed by atoms with Crippen LogP contribution in [0.5, 0.6) is 0 Å². The van der Waals surface area contributed by atoms with E-state index in [1.54, 1.807) is 21.1 Å². The normalized spacial score (nSPS) is 11.6. The first kappa shape index (κ1) is 33.5. The van der Waals surface area contributed by atoms with E-state index < -0.39 is 17.4 Å². The molecule has 11 heteroatoms. The fourth-order valence-corrected chi connectivity index (χ4v) is 6.60. The van der Waals surface area contributed by atoms with Crippen LogP contribution in [-0.2, 0) is 31.7 Å². The van der Waals surface area contributed by atoms with Crippen molar-refractivity contribution in [2.24, 2.45) is 5.73 Å². The summed E-state index contributed by atoms with van der Waals surface area (Å²) in [5, 5.41) is 3.24. The molecule has 0 spiro atoms. The van der Waals surface area contributed by atoms with Crippen LogP contribution in [0.2, 0.25) is 18.6 Å². The molecule has 0 aromatic rings. The summed E-state index contributed by atoms with van der Waals surface area (Å²) < 4.78 is 32.9. The Balaban J connectivity index is 0. The molecule has 0 bridgehead atoms. The van der Waals surface area contributed by atoms with Crippen molar-refractivity contribution in [1.29, 1.82) is 0 Å². The van der Waals surface area contributed by atoms with Crippen molar-refractivity contribution in [3.8, 4) is 0 Å². The number of hydrogen-bond acceptors (Lipinski definition) is 9. The van der Waals surface area contributed by atoms with Crippen molar-refractivity contribution < 1.29 is 31.7 Å². The summed E-state index contributed by atoms with van der Waals surface area (Å²) in [6.45, 7) is 17.6. The standard InChI is InChI=1S/C13H26O5Si.C8H22N2O2Si/c1-6-16-19(17-7-2,18-8-3)11-9-10-15-13(14)12(4)5;1-11-13(3,12-2)8-4-6-10-7-5-9/h4,6-11H2,1-3,5H3;10H,4-9H2,1-3H3. The third-order valence-corrected chi connectivity index (χ3v) is 10.6. The lowest BCUT2D eigenvalue weighted by molar-refractivity contribution is -0.139. The first-order valence-corrected chi connectivity index (χ1v) is 15.9. The van der Waals surface area contributed by atoms with E-state index in [4.69, 9.17) is 32.6 Å². The first-order chi connectivity index (χ1) is 15.2. The predicted molar refractivity (Wildman–Crippen MR) is 133 cm³/mol. The van der Waals surface area contributed by atoms with E-state index in [1.807, 2.05) is 20.8 Å². The molecule has 0 aromatic carbocycles. The molecule has 9 nitrogen and oxygen atoms in total. The van der Waals surface area contributed by atoms with Gasteiger partial charge >= 0.3 is 23.3 Å². The van der Waals surface area contributed by atoms with E-state index >= 15 is 0 Å². The van der Waals surface area contributed by atoms with Gasteiger partial charge in [0, 0.05) is 58.7 Å². The average molecular weight is 497 g/mol. The lowest BCUT2D eigenvalue weighted by Gasteiger charge is -2.28. The molecule has 0 aliphatic carbocycles. The van der Waals surface area contributed by atoms with Crippen LogP contribution >= 0.6 is 0 Å². The highest BCUT2D eigenvalue weighted by atomic mass is 28.4. The first-order valence-electron chi connectivity index (χ1n) is 11.4. The summed E-state index contributed by atoms with van der Waals surface area (Å²) in [4.78, 5) is 11.2. The SMILES string of the molecule is C=C(C)C(=O)OCCC[Si](OCC)(OCC)OCC.CO[Si](C)(CCCNCCN)OC. The van der Waals surface area contributed by atoms with Gasteiger partial charge in [-0.1, -0.05) is 6.58 Å². The molecule has 0 aliphatic heterocycles. The zero-order valence-electron chi connectivity index (χ0n) is 21.4. The molecule has 0 aliphatic rings. The van der Waals surface area contributed by atoms with Crippen molar-refractivity contribution in [1.82, 2.24) is 5.32 Å². The molecule has 0 rings (SSSR count). The van der Waals surface area contributed by atoms with Gasteiger partial charge in [0.05, 0.1) is 6.61 Å². The Hall–Kier alpha value is -0.636. The second kappa shape index (κ2) is 20.9. The van der Waals surface area contributed by atoms with Crippen molar-refractivity contribution >= 4 is 23.3 Å². The van der Waals surface area contributed by atoms with Gasteiger partial charge < -0.3 is 37.9 Å². The molecule has 0 saturated carbocycles. The lowest BCUT2D eigenvalue weighted by Crippen LogP contribution is -2.46. The maximum Gasteiger partial charge on any atom is 0.501 e. The van der Waals surface area contributed by atoms with Gasteiger partial charge in [-0.15, -0.1) is 0 Å². The second-order valence-electron chi connectivity index (χ2n) is 7.19. The number of ether oxygens (including phenoxy) is 1. The summed E-state index contributed by atoms with van der Waals surface area (Å²) in [7, 11) is -0.987. The van der Waals surface area contributed by atoms with Crippen LogP contribution in [-0.4, -0.2) is 83.6 Å². The van der Waals surface area contributed by atoms with Gasteiger partial charge in [-0.05, 0) is 59.7 Å². The van der Waals surface area contributed by atoms with Crippen LogP contribution in [0.25, 0.3) is 0 Å². The van der Waals surface area contributed by atoms with Gasteiger partial charge in [-0.25, -0.2) is 4.79 Å². The Morgan fingerprint density at radius 2 is 1.47 bits per heavy atom. The molecule has 3 N–H and O–H groups in total. The van der Waals surface area contributed by atoms with Gasteiger partial charge in [0.2, 0.25) is 0 Å². The molecule has 0 atom stereocenters. The van der Waals surface area contributed by atoms with Crippen molar-refractivity contribution in [3.63, 3.8) is 0 Å². The molecule has 0 amide bonds. The van der Waals surface area contributed by atoms with Crippen molar-refractivity contribution in [3.05, 3.63) is 12.2 Å². The summed E-state index contributed by atoms with van der Waals surface area (Å²) in [5.41, 5.74) is 5.75. The smallest absolute Gasteiger partial charge is 0.462 e. The van der Waals surface area contributed by atoms with E-state index in [-0.39, 0.29) is 5.97 Å². The Morgan fingerprint density at radius 1 is 0.938 bits per heavy atom. The minimum absolute atomic E-state index is 0.327. The molecule has 32 heavy (non-hydrogen) atoms. The van der Waals surface area contributed by atoms with E-state index in [1.165, 1.54) is 0 Å². The van der Waals surface area contributed by atoms with Crippen LogP contribution in [0, 0.1) is 0 Å². The molecule has 0 fully saturated rings. The number of hydrogen-bond donors (Lipinski definition) is 2. The van der Waals surface area contributed by atoms with Crippen LogP contribution in [0.15, 0.2) is 12.2 Å². The largest absolute Gasteiger partial charge is 0.501 e. The molecule has 192 valence electrons. The van der Waals surface area contributed by atoms with Crippen molar-refractivity contribution in [2.75, 3.05) is 60.3 Å². The summed E-state index contributed by atoms with van der Waals surface area (Å²) >= 11 is 0. The summed E-state index contributed by atoms with van der Waals surface area (Å²) in [5.74, 6) is -0.364. The maximum absolute atomic E-state index is 11.2. The molecule has 0 saturated heterocycles. The monoisotopic (exact) mass is 496 g/mol. The molecular weight excluding hydrogens is 448 g/mol. The Labute approximate surface area is 197 Å². The second-order valence-corrected chi connectivity index (χ2v) is 13.5. The van der Waals surface area contributed by atoms with Crippen LogP contribution in [0.4, 0.5) is 0 Å². The van der Waals surface area contributed by atoms with Gasteiger partial charge in [0.25, 0.3) is 0 Å². The van der Waals surface area contributed by atoms with Gasteiger partial charge in [0.15, 0.2) is 0 Å². The predicted octanol–water partition coefficient (Wildman–Crippen LogP) is 2.83. The topological polar surface area (TPSA) is 111 Å². The highest BCUT2D eigenvalue weighted by Gasteiger charge is 2.39. The minimum Gasteiger partial charge on any atom is -0.462 e. The number of esters is 1. The van der Waals surface area contributed by atoms with E-state index in [0.29, 0.717) is 51.0 Å². The molecule has 0 aromatic heterocycles. The van der Waals surface area contributed by atoms with Gasteiger partial charge in [0.1, 0.15) is 0 Å². The zero-order chi connectivity index (χ0) is 24.9. The van der Waals surface area contributed by atoms with Gasteiger partial charge in [-0.3, -0.25) is 0 Å². The van der Waals surface area contributed by atoms with E-state index in [9.17, 15) is 4.79 Å².